The standard InChI is InChI=1S/C6H12ClNO/c1-6(2,5-7)3-4-8-9/h4,9H,3,5H2,1-2H3. The highest BCUT2D eigenvalue weighted by Gasteiger charge is 2.13. The van der Waals surface area contributed by atoms with Crippen molar-refractivity contribution in [1.29, 1.82) is 0 Å². The Morgan fingerprint density at radius 1 is 1.67 bits per heavy atom. The molecule has 0 spiro atoms. The lowest BCUT2D eigenvalue weighted by Gasteiger charge is -2.17. The second-order valence-electron chi connectivity index (χ2n) is 2.80. The van der Waals surface area contributed by atoms with Gasteiger partial charge in [-0.1, -0.05) is 13.8 Å². The minimum atomic E-state index is 0.0494. The lowest BCUT2D eigenvalue weighted by atomic mass is 9.93. The van der Waals surface area contributed by atoms with E-state index in [0.717, 1.165) is 0 Å². The van der Waals surface area contributed by atoms with Gasteiger partial charge in [0.25, 0.3) is 0 Å². The fraction of sp³-hybridized carbons (Fsp3) is 0.833. The molecule has 0 aromatic rings. The van der Waals surface area contributed by atoms with Crippen LogP contribution in [-0.2, 0) is 0 Å². The SMILES string of the molecule is CC(C)(CCl)CC=NO. The third kappa shape index (κ3) is 4.28. The van der Waals surface area contributed by atoms with Gasteiger partial charge in [0.15, 0.2) is 0 Å². The van der Waals surface area contributed by atoms with E-state index >= 15 is 0 Å². The lowest BCUT2D eigenvalue weighted by molar-refractivity contribution is 0.316. The van der Waals surface area contributed by atoms with E-state index in [4.69, 9.17) is 16.8 Å². The number of hydrogen-bond donors (Lipinski definition) is 1. The molecule has 9 heavy (non-hydrogen) atoms. The van der Waals surface area contributed by atoms with Crippen LogP contribution in [0.15, 0.2) is 5.16 Å². The Balaban J connectivity index is 3.58. The summed E-state index contributed by atoms with van der Waals surface area (Å²) in [6.45, 7) is 4.03. The van der Waals surface area contributed by atoms with Crippen molar-refractivity contribution in [1.82, 2.24) is 0 Å². The van der Waals surface area contributed by atoms with E-state index in [1.165, 1.54) is 6.21 Å². The Morgan fingerprint density at radius 2 is 2.22 bits per heavy atom. The number of nitrogens with zero attached hydrogens (tertiary/aromatic N) is 1. The smallest absolute Gasteiger partial charge is 0.0441 e. The molecule has 54 valence electrons. The minimum absolute atomic E-state index is 0.0494. The molecular weight excluding hydrogens is 138 g/mol. The fourth-order valence-electron chi connectivity index (χ4n) is 0.343. The third-order valence-corrected chi connectivity index (χ3v) is 1.81. The summed E-state index contributed by atoms with van der Waals surface area (Å²) in [7, 11) is 0. The fourth-order valence-corrected chi connectivity index (χ4v) is 0.452. The van der Waals surface area contributed by atoms with Gasteiger partial charge < -0.3 is 5.21 Å². The van der Waals surface area contributed by atoms with Crippen LogP contribution in [0.4, 0.5) is 0 Å². The van der Waals surface area contributed by atoms with Gasteiger partial charge in [-0.2, -0.15) is 0 Å². The van der Waals surface area contributed by atoms with E-state index in [1.54, 1.807) is 0 Å². The maximum Gasteiger partial charge on any atom is 0.0441 e. The number of rotatable bonds is 3. The van der Waals surface area contributed by atoms with Crippen LogP contribution in [0.1, 0.15) is 20.3 Å². The highest BCUT2D eigenvalue weighted by Crippen LogP contribution is 2.19. The zero-order valence-corrected chi connectivity index (χ0v) is 6.52. The molecule has 0 unspecified atom stereocenters. The van der Waals surface area contributed by atoms with Gasteiger partial charge in [-0.25, -0.2) is 0 Å². The highest BCUT2D eigenvalue weighted by molar-refractivity contribution is 6.18. The van der Waals surface area contributed by atoms with E-state index in [1.807, 2.05) is 13.8 Å². The van der Waals surface area contributed by atoms with Gasteiger partial charge in [0.05, 0.1) is 0 Å². The van der Waals surface area contributed by atoms with Crippen LogP contribution in [0.3, 0.4) is 0 Å². The Kier molecular flexibility index (Phi) is 3.62. The molecule has 0 amide bonds. The van der Waals surface area contributed by atoms with Crippen LogP contribution in [0.2, 0.25) is 0 Å². The maximum absolute atomic E-state index is 8.05. The van der Waals surface area contributed by atoms with Crippen LogP contribution in [0, 0.1) is 5.41 Å². The van der Waals surface area contributed by atoms with Gasteiger partial charge in [0, 0.05) is 12.1 Å². The van der Waals surface area contributed by atoms with Crippen LogP contribution < -0.4 is 0 Å². The number of hydrogen-bond acceptors (Lipinski definition) is 2. The van der Waals surface area contributed by atoms with Gasteiger partial charge in [-0.05, 0) is 11.8 Å². The van der Waals surface area contributed by atoms with Gasteiger partial charge in [-0.3, -0.25) is 0 Å². The van der Waals surface area contributed by atoms with Crippen molar-refractivity contribution in [3.05, 3.63) is 0 Å². The summed E-state index contributed by atoms with van der Waals surface area (Å²) < 4.78 is 0. The highest BCUT2D eigenvalue weighted by atomic mass is 35.5. The molecule has 0 rings (SSSR count). The van der Waals surface area contributed by atoms with Crippen molar-refractivity contribution >= 4 is 17.8 Å². The normalized spacial score (nSPS) is 12.8. The lowest BCUT2D eigenvalue weighted by Crippen LogP contribution is -2.13. The van der Waals surface area contributed by atoms with Crippen molar-refractivity contribution in [2.75, 3.05) is 5.88 Å². The molecule has 0 aliphatic rings. The molecule has 0 bridgehead atoms. The van der Waals surface area contributed by atoms with E-state index in [2.05, 4.69) is 5.16 Å². The van der Waals surface area contributed by atoms with Crippen molar-refractivity contribution in [3.8, 4) is 0 Å². The Bertz CT molecular complexity index is 101. The van der Waals surface area contributed by atoms with Gasteiger partial charge in [0.1, 0.15) is 0 Å². The molecule has 1 N–H and O–H groups in total. The Labute approximate surface area is 60.5 Å². The van der Waals surface area contributed by atoms with Crippen molar-refractivity contribution < 1.29 is 5.21 Å². The van der Waals surface area contributed by atoms with E-state index in [0.29, 0.717) is 12.3 Å². The monoisotopic (exact) mass is 149 g/mol. The zero-order chi connectivity index (χ0) is 7.33. The second-order valence-corrected chi connectivity index (χ2v) is 3.07. The molecule has 0 radical (unpaired) electrons. The summed E-state index contributed by atoms with van der Waals surface area (Å²) in [6.07, 6.45) is 2.18. The summed E-state index contributed by atoms with van der Waals surface area (Å²) in [4.78, 5) is 0. The first-order valence-corrected chi connectivity index (χ1v) is 3.38. The van der Waals surface area contributed by atoms with Crippen LogP contribution >= 0.6 is 11.6 Å². The third-order valence-electron chi connectivity index (χ3n) is 1.09. The predicted octanol–water partition coefficient (Wildman–Crippen LogP) is 2.10. The summed E-state index contributed by atoms with van der Waals surface area (Å²) in [5, 5.41) is 10.9. The summed E-state index contributed by atoms with van der Waals surface area (Å²) >= 11 is 5.59. The summed E-state index contributed by atoms with van der Waals surface area (Å²) in [6, 6.07) is 0. The summed E-state index contributed by atoms with van der Waals surface area (Å²) in [5.41, 5.74) is 0.0494. The number of halogens is 1. The zero-order valence-electron chi connectivity index (χ0n) is 5.76. The Morgan fingerprint density at radius 3 is 2.56 bits per heavy atom. The Hall–Kier alpha value is -0.240. The molecule has 2 nitrogen and oxygen atoms in total. The molecule has 3 heteroatoms. The molecule has 0 atom stereocenters. The molecule has 0 aliphatic heterocycles. The number of alkyl halides is 1. The average molecular weight is 150 g/mol. The first-order chi connectivity index (χ1) is 4.12. The van der Waals surface area contributed by atoms with Crippen molar-refractivity contribution in [3.63, 3.8) is 0 Å². The second kappa shape index (κ2) is 3.72. The molecule has 0 aliphatic carbocycles. The van der Waals surface area contributed by atoms with Crippen molar-refractivity contribution in [2.45, 2.75) is 20.3 Å². The van der Waals surface area contributed by atoms with Gasteiger partial charge in [-0.15, -0.1) is 16.8 Å². The molecule has 0 heterocycles. The first-order valence-electron chi connectivity index (χ1n) is 2.84. The van der Waals surface area contributed by atoms with E-state index < -0.39 is 0 Å². The van der Waals surface area contributed by atoms with Crippen molar-refractivity contribution in [2.24, 2.45) is 10.6 Å². The van der Waals surface area contributed by atoms with E-state index in [9.17, 15) is 0 Å². The van der Waals surface area contributed by atoms with Crippen LogP contribution in [0.25, 0.3) is 0 Å². The molecule has 0 saturated carbocycles. The average Bonchev–Trinajstić information content (AvgIpc) is 1.84. The first kappa shape index (κ1) is 8.76. The molecule has 0 aromatic carbocycles. The predicted molar refractivity (Wildman–Crippen MR) is 39.4 cm³/mol. The minimum Gasteiger partial charge on any atom is -0.411 e. The van der Waals surface area contributed by atoms with Crippen LogP contribution in [0.5, 0.6) is 0 Å². The topological polar surface area (TPSA) is 32.6 Å². The molecule has 0 saturated heterocycles. The van der Waals surface area contributed by atoms with Crippen LogP contribution in [-0.4, -0.2) is 17.3 Å². The van der Waals surface area contributed by atoms with E-state index in [-0.39, 0.29) is 5.41 Å². The largest absolute Gasteiger partial charge is 0.411 e. The maximum atomic E-state index is 8.05. The van der Waals surface area contributed by atoms with Gasteiger partial charge in [0.2, 0.25) is 0 Å². The molecule has 0 fully saturated rings. The molecular formula is C6H12ClNO. The van der Waals surface area contributed by atoms with Gasteiger partial charge >= 0.3 is 0 Å². The number of oxime groups is 1. The molecule has 0 aromatic heterocycles. The quantitative estimate of drug-likeness (QED) is 0.284. The summed E-state index contributed by atoms with van der Waals surface area (Å²) in [5.74, 6) is 0.582.